The number of fused-ring (bicyclic) bond motifs is 1. The molecule has 1 saturated heterocycles. The number of aryl methyl sites for hydroxylation is 1. The maximum atomic E-state index is 13.0. The maximum Gasteiger partial charge on any atom is 0.416 e. The molecule has 2 aromatic heterocycles. The van der Waals surface area contributed by atoms with Gasteiger partial charge in [-0.25, -0.2) is 4.98 Å². The van der Waals surface area contributed by atoms with Gasteiger partial charge in [0.25, 0.3) is 0 Å². The zero-order chi connectivity index (χ0) is 19.9. The van der Waals surface area contributed by atoms with E-state index in [9.17, 15) is 18.3 Å². The van der Waals surface area contributed by atoms with Gasteiger partial charge in [-0.05, 0) is 43.6 Å². The predicted molar refractivity (Wildman–Crippen MR) is 101 cm³/mol. The number of likely N-dealkylation sites (tertiary alicyclic amines) is 1. The lowest BCUT2D eigenvalue weighted by Gasteiger charge is -2.34. The third kappa shape index (κ3) is 3.48. The molecule has 1 aliphatic heterocycles. The first-order valence-corrected chi connectivity index (χ1v) is 10.2. The zero-order valence-electron chi connectivity index (χ0n) is 15.4. The van der Waals surface area contributed by atoms with E-state index in [1.54, 1.807) is 0 Å². The van der Waals surface area contributed by atoms with Crippen LogP contribution in [0, 0.1) is 0 Å². The molecule has 1 atom stereocenters. The molecule has 4 rings (SSSR count). The van der Waals surface area contributed by atoms with Crippen LogP contribution in [0.5, 0.6) is 5.88 Å². The molecule has 1 N–H and O–H groups in total. The summed E-state index contributed by atoms with van der Waals surface area (Å²) in [6, 6.07) is 4.91. The van der Waals surface area contributed by atoms with Gasteiger partial charge in [-0.1, -0.05) is 36.8 Å². The minimum absolute atomic E-state index is 0.0164. The Kier molecular flexibility index (Phi) is 5.05. The summed E-state index contributed by atoms with van der Waals surface area (Å²) in [5.41, 5.74) is 0.0542. The van der Waals surface area contributed by atoms with E-state index in [4.69, 9.17) is 0 Å². The maximum absolute atomic E-state index is 13.0. The molecule has 0 aliphatic carbocycles. The van der Waals surface area contributed by atoms with Crippen molar-refractivity contribution in [2.45, 2.75) is 44.8 Å². The van der Waals surface area contributed by atoms with Crippen LogP contribution in [-0.4, -0.2) is 37.7 Å². The summed E-state index contributed by atoms with van der Waals surface area (Å²) >= 11 is 1.34. The van der Waals surface area contributed by atoms with Crippen LogP contribution in [-0.2, 0) is 12.6 Å². The van der Waals surface area contributed by atoms with Crippen molar-refractivity contribution in [2.24, 2.45) is 0 Å². The molecular formula is C19H21F3N4OS. The van der Waals surface area contributed by atoms with Crippen molar-refractivity contribution in [3.63, 3.8) is 0 Å². The molecule has 5 nitrogen and oxygen atoms in total. The van der Waals surface area contributed by atoms with Gasteiger partial charge in [0.2, 0.25) is 10.8 Å². The molecule has 0 radical (unpaired) electrons. The average molecular weight is 410 g/mol. The first-order valence-electron chi connectivity index (χ1n) is 9.37. The normalized spacial score (nSPS) is 17.3. The summed E-state index contributed by atoms with van der Waals surface area (Å²) in [4.78, 5) is 7.91. The number of piperidine rings is 1. The highest BCUT2D eigenvalue weighted by atomic mass is 32.1. The zero-order valence-corrected chi connectivity index (χ0v) is 16.2. The Balaban J connectivity index is 1.78. The van der Waals surface area contributed by atoms with Crippen molar-refractivity contribution in [1.82, 2.24) is 19.5 Å². The van der Waals surface area contributed by atoms with Crippen molar-refractivity contribution in [3.8, 4) is 5.88 Å². The molecule has 28 heavy (non-hydrogen) atoms. The van der Waals surface area contributed by atoms with Gasteiger partial charge in [0.05, 0.1) is 16.5 Å². The van der Waals surface area contributed by atoms with E-state index in [1.165, 1.54) is 28.0 Å². The van der Waals surface area contributed by atoms with E-state index in [1.807, 2.05) is 6.92 Å². The van der Waals surface area contributed by atoms with Gasteiger partial charge >= 0.3 is 6.18 Å². The fourth-order valence-electron chi connectivity index (χ4n) is 3.68. The summed E-state index contributed by atoms with van der Waals surface area (Å²) in [6.45, 7) is 3.61. The van der Waals surface area contributed by atoms with Gasteiger partial charge in [0.15, 0.2) is 5.82 Å². The summed E-state index contributed by atoms with van der Waals surface area (Å²) < 4.78 is 40.3. The molecule has 3 aromatic rings. The Hall–Kier alpha value is -2.13. The van der Waals surface area contributed by atoms with Gasteiger partial charge in [-0.2, -0.15) is 17.7 Å². The van der Waals surface area contributed by atoms with Gasteiger partial charge in [-0.15, -0.1) is 5.10 Å². The van der Waals surface area contributed by atoms with E-state index >= 15 is 0 Å². The number of alkyl halides is 3. The molecular weight excluding hydrogens is 389 g/mol. The third-order valence-corrected chi connectivity index (χ3v) is 6.19. The van der Waals surface area contributed by atoms with Gasteiger partial charge in [-0.3, -0.25) is 4.90 Å². The Morgan fingerprint density at radius 3 is 2.39 bits per heavy atom. The number of aromatic nitrogens is 3. The number of benzene rings is 1. The molecule has 1 aliphatic rings. The fraction of sp³-hybridized carbons (Fsp3) is 0.474. The SMILES string of the molecule is CCc1nc2sc(C(c3ccc(C(F)(F)F)cc3)N3CCCCC3)c(O)n2n1. The smallest absolute Gasteiger partial charge is 0.416 e. The van der Waals surface area contributed by atoms with Crippen molar-refractivity contribution in [3.05, 3.63) is 46.1 Å². The average Bonchev–Trinajstić information content (AvgIpc) is 3.22. The van der Waals surface area contributed by atoms with Crippen LogP contribution in [0.3, 0.4) is 0 Å². The Labute approximate surface area is 164 Å². The van der Waals surface area contributed by atoms with Crippen LogP contribution in [0.25, 0.3) is 4.96 Å². The molecule has 0 bridgehead atoms. The molecule has 0 spiro atoms. The summed E-state index contributed by atoms with van der Waals surface area (Å²) in [5, 5.41) is 15.1. The van der Waals surface area contributed by atoms with Gasteiger partial charge in [0.1, 0.15) is 0 Å². The van der Waals surface area contributed by atoms with Crippen molar-refractivity contribution in [1.29, 1.82) is 0 Å². The standard InChI is InChI=1S/C19H21F3N4OS/c1-2-14-23-18-26(24-14)17(27)16(28-18)15(25-10-4-3-5-11-25)12-6-8-13(9-7-12)19(20,21)22/h6-9,15,27H,2-5,10-11H2,1H3. The number of rotatable bonds is 4. The van der Waals surface area contributed by atoms with E-state index in [2.05, 4.69) is 15.0 Å². The van der Waals surface area contributed by atoms with Crippen molar-refractivity contribution < 1.29 is 18.3 Å². The quantitative estimate of drug-likeness (QED) is 0.680. The molecule has 3 heterocycles. The van der Waals surface area contributed by atoms with Gasteiger partial charge < -0.3 is 5.11 Å². The molecule has 0 amide bonds. The third-order valence-electron chi connectivity index (χ3n) is 5.12. The van der Waals surface area contributed by atoms with E-state index in [0.29, 0.717) is 22.1 Å². The topological polar surface area (TPSA) is 53.7 Å². The highest BCUT2D eigenvalue weighted by Gasteiger charge is 2.33. The fourth-order valence-corrected chi connectivity index (χ4v) is 4.81. The highest BCUT2D eigenvalue weighted by molar-refractivity contribution is 7.17. The lowest BCUT2D eigenvalue weighted by atomic mass is 9.99. The second-order valence-corrected chi connectivity index (χ2v) is 7.99. The number of hydrogen-bond donors (Lipinski definition) is 1. The van der Waals surface area contributed by atoms with Crippen LogP contribution in [0.1, 0.15) is 54.1 Å². The lowest BCUT2D eigenvalue weighted by molar-refractivity contribution is -0.137. The molecule has 1 fully saturated rings. The summed E-state index contributed by atoms with van der Waals surface area (Å²) in [5.74, 6) is 0.667. The number of halogens is 3. The monoisotopic (exact) mass is 410 g/mol. The highest BCUT2D eigenvalue weighted by Crippen LogP contribution is 2.41. The van der Waals surface area contributed by atoms with Crippen LogP contribution in [0.2, 0.25) is 0 Å². The number of thiazole rings is 1. The van der Waals surface area contributed by atoms with Crippen LogP contribution in [0.15, 0.2) is 24.3 Å². The lowest BCUT2D eigenvalue weighted by Crippen LogP contribution is -2.34. The minimum Gasteiger partial charge on any atom is -0.492 e. The predicted octanol–water partition coefficient (Wildman–Crippen LogP) is 4.65. The van der Waals surface area contributed by atoms with E-state index in [-0.39, 0.29) is 11.9 Å². The van der Waals surface area contributed by atoms with E-state index < -0.39 is 11.7 Å². The van der Waals surface area contributed by atoms with Crippen LogP contribution in [0.4, 0.5) is 13.2 Å². The Morgan fingerprint density at radius 2 is 1.82 bits per heavy atom. The second kappa shape index (κ2) is 7.36. The Bertz CT molecular complexity index is 958. The van der Waals surface area contributed by atoms with Crippen molar-refractivity contribution >= 4 is 16.3 Å². The summed E-state index contributed by atoms with van der Waals surface area (Å²) in [7, 11) is 0. The van der Waals surface area contributed by atoms with Crippen LogP contribution < -0.4 is 0 Å². The Morgan fingerprint density at radius 1 is 1.14 bits per heavy atom. The molecule has 1 unspecified atom stereocenters. The second-order valence-electron chi connectivity index (χ2n) is 6.98. The molecule has 1 aromatic carbocycles. The summed E-state index contributed by atoms with van der Waals surface area (Å²) in [6.07, 6.45) is -0.516. The largest absolute Gasteiger partial charge is 0.492 e. The van der Waals surface area contributed by atoms with Crippen molar-refractivity contribution in [2.75, 3.05) is 13.1 Å². The molecule has 150 valence electrons. The number of aromatic hydroxyl groups is 1. The minimum atomic E-state index is -4.37. The molecule has 9 heteroatoms. The van der Waals surface area contributed by atoms with E-state index in [0.717, 1.165) is 50.0 Å². The number of hydrogen-bond acceptors (Lipinski definition) is 5. The molecule has 0 saturated carbocycles. The first kappa shape index (κ1) is 19.2. The first-order chi connectivity index (χ1) is 13.4. The number of nitrogens with zero attached hydrogens (tertiary/aromatic N) is 4. The van der Waals surface area contributed by atoms with Gasteiger partial charge in [0, 0.05) is 6.42 Å². The van der Waals surface area contributed by atoms with Crippen LogP contribution >= 0.6 is 11.3 Å².